The lowest BCUT2D eigenvalue weighted by Gasteiger charge is -2.08. The fraction of sp³-hybridized carbons (Fsp3) is 0.154. The molecule has 178 valence electrons. The normalized spacial score (nSPS) is 10.6. The van der Waals surface area contributed by atoms with Gasteiger partial charge >= 0.3 is 6.09 Å². The van der Waals surface area contributed by atoms with Gasteiger partial charge in [-0.1, -0.05) is 24.3 Å². The molecule has 4 rings (SSSR count). The van der Waals surface area contributed by atoms with E-state index in [9.17, 15) is 9.59 Å². The van der Waals surface area contributed by atoms with Gasteiger partial charge in [-0.15, -0.1) is 5.10 Å². The first-order valence-corrected chi connectivity index (χ1v) is 11.0. The molecular formula is C26H26N6O3. The van der Waals surface area contributed by atoms with E-state index in [2.05, 4.69) is 26.8 Å². The van der Waals surface area contributed by atoms with Crippen LogP contribution >= 0.6 is 0 Å². The van der Waals surface area contributed by atoms with Gasteiger partial charge in [-0.2, -0.15) is 0 Å². The molecule has 0 aliphatic carbocycles. The topological polar surface area (TPSA) is 124 Å². The van der Waals surface area contributed by atoms with Crippen molar-refractivity contribution in [3.8, 4) is 5.69 Å². The number of hydrogen-bond acceptors (Lipinski definition) is 6. The smallest absolute Gasteiger partial charge is 0.407 e. The van der Waals surface area contributed by atoms with Crippen molar-refractivity contribution in [3.05, 3.63) is 101 Å². The number of aryl methyl sites for hydroxylation is 2. The number of pyridine rings is 1. The molecule has 9 nitrogen and oxygen atoms in total. The number of rotatable bonds is 7. The number of hydrogen-bond donors (Lipinski definition) is 3. The van der Waals surface area contributed by atoms with E-state index in [1.54, 1.807) is 53.6 Å². The summed E-state index contributed by atoms with van der Waals surface area (Å²) < 4.78 is 6.87. The maximum absolute atomic E-state index is 12.7. The monoisotopic (exact) mass is 470 g/mol. The lowest BCUT2D eigenvalue weighted by atomic mass is 10.1. The SMILES string of the molecule is Cc1cc(C)cc(-n2cc(N)c(NC(=O)c3ccc(COC(=O)NCc4cccnc4)cc3)n2)c1. The molecule has 9 heteroatoms. The van der Waals surface area contributed by atoms with Crippen molar-refractivity contribution >= 4 is 23.5 Å². The summed E-state index contributed by atoms with van der Waals surface area (Å²) in [5.74, 6) is -0.0593. The second-order valence-corrected chi connectivity index (χ2v) is 8.17. The maximum atomic E-state index is 12.7. The molecular weight excluding hydrogens is 444 g/mol. The van der Waals surface area contributed by atoms with Gasteiger partial charge in [0.1, 0.15) is 6.61 Å². The minimum absolute atomic E-state index is 0.0774. The van der Waals surface area contributed by atoms with E-state index < -0.39 is 6.09 Å². The number of nitrogens with one attached hydrogen (secondary N) is 2. The van der Waals surface area contributed by atoms with E-state index in [1.807, 2.05) is 32.0 Å². The van der Waals surface area contributed by atoms with Crippen LogP contribution in [-0.2, 0) is 17.9 Å². The summed E-state index contributed by atoms with van der Waals surface area (Å²) >= 11 is 0. The molecule has 0 fully saturated rings. The van der Waals surface area contributed by atoms with Crippen molar-refractivity contribution in [2.45, 2.75) is 27.0 Å². The molecule has 2 amide bonds. The summed E-state index contributed by atoms with van der Waals surface area (Å²) in [7, 11) is 0. The minimum Gasteiger partial charge on any atom is -0.445 e. The van der Waals surface area contributed by atoms with Gasteiger partial charge in [0.25, 0.3) is 5.91 Å². The van der Waals surface area contributed by atoms with Crippen molar-refractivity contribution in [3.63, 3.8) is 0 Å². The number of nitrogens with zero attached hydrogens (tertiary/aromatic N) is 3. The van der Waals surface area contributed by atoms with E-state index in [0.717, 1.165) is 27.9 Å². The maximum Gasteiger partial charge on any atom is 0.407 e. The summed E-state index contributed by atoms with van der Waals surface area (Å²) in [5.41, 5.74) is 11.6. The molecule has 35 heavy (non-hydrogen) atoms. The molecule has 0 aliphatic rings. The predicted molar refractivity (Wildman–Crippen MR) is 133 cm³/mol. The van der Waals surface area contributed by atoms with Crippen molar-refractivity contribution in [1.82, 2.24) is 20.1 Å². The third-order valence-electron chi connectivity index (χ3n) is 5.19. The molecule has 2 aromatic heterocycles. The Morgan fingerprint density at radius 1 is 1.03 bits per heavy atom. The second-order valence-electron chi connectivity index (χ2n) is 8.17. The number of nitrogens with two attached hydrogens (primary N) is 1. The van der Waals surface area contributed by atoms with Crippen LogP contribution in [0.5, 0.6) is 0 Å². The van der Waals surface area contributed by atoms with E-state index in [-0.39, 0.29) is 18.3 Å². The number of ether oxygens (including phenoxy) is 1. The zero-order valence-corrected chi connectivity index (χ0v) is 19.5. The van der Waals surface area contributed by atoms with Crippen molar-refractivity contribution < 1.29 is 14.3 Å². The Balaban J connectivity index is 1.32. The highest BCUT2D eigenvalue weighted by Gasteiger charge is 2.13. The highest BCUT2D eigenvalue weighted by Crippen LogP contribution is 2.21. The van der Waals surface area contributed by atoms with Crippen LogP contribution in [0.3, 0.4) is 0 Å². The molecule has 4 aromatic rings. The van der Waals surface area contributed by atoms with Crippen molar-refractivity contribution in [2.75, 3.05) is 11.1 Å². The van der Waals surface area contributed by atoms with Gasteiger partial charge in [-0.25, -0.2) is 9.48 Å². The first-order valence-electron chi connectivity index (χ1n) is 11.0. The fourth-order valence-electron chi connectivity index (χ4n) is 3.51. The average molecular weight is 471 g/mol. The van der Waals surface area contributed by atoms with Crippen molar-refractivity contribution in [2.24, 2.45) is 0 Å². The minimum atomic E-state index is -0.537. The number of amides is 2. The lowest BCUT2D eigenvalue weighted by molar-refractivity contribution is 0.102. The Hall–Kier alpha value is -4.66. The van der Waals surface area contributed by atoms with E-state index in [0.29, 0.717) is 17.8 Å². The van der Waals surface area contributed by atoms with Crippen molar-refractivity contribution in [1.29, 1.82) is 0 Å². The fourth-order valence-corrected chi connectivity index (χ4v) is 3.51. The first-order chi connectivity index (χ1) is 16.9. The standard InChI is InChI=1S/C26H26N6O3/c1-17-10-18(2)12-22(11-17)32-15-23(27)24(31-32)30-25(33)21-7-5-19(6-8-21)16-35-26(34)29-14-20-4-3-9-28-13-20/h3-13,15H,14,16,27H2,1-2H3,(H,29,34)(H,30,31,33). The van der Waals surface area contributed by atoms with Gasteiger partial charge in [0.2, 0.25) is 0 Å². The third-order valence-corrected chi connectivity index (χ3v) is 5.19. The predicted octanol–water partition coefficient (Wildman–Crippen LogP) is 4.15. The van der Waals surface area contributed by atoms with Gasteiger partial charge in [0, 0.05) is 24.5 Å². The Morgan fingerprint density at radius 2 is 1.77 bits per heavy atom. The number of aromatic nitrogens is 3. The summed E-state index contributed by atoms with van der Waals surface area (Å²) in [4.78, 5) is 28.6. The van der Waals surface area contributed by atoms with Gasteiger partial charge in [-0.05, 0) is 66.4 Å². The summed E-state index contributed by atoms with van der Waals surface area (Å²) in [5, 5.41) is 9.84. The number of carbonyl (C=O) groups is 2. The highest BCUT2D eigenvalue weighted by atomic mass is 16.5. The summed E-state index contributed by atoms with van der Waals surface area (Å²) in [6, 6.07) is 16.5. The second kappa shape index (κ2) is 10.5. The van der Waals surface area contributed by atoms with Crippen LogP contribution in [0.15, 0.2) is 73.2 Å². The van der Waals surface area contributed by atoms with Crippen LogP contribution in [-0.4, -0.2) is 26.8 Å². The van der Waals surface area contributed by atoms with Crippen LogP contribution in [0.25, 0.3) is 5.69 Å². The Morgan fingerprint density at radius 3 is 2.46 bits per heavy atom. The molecule has 0 saturated carbocycles. The number of benzene rings is 2. The zero-order valence-electron chi connectivity index (χ0n) is 19.5. The Bertz CT molecular complexity index is 1310. The number of alkyl carbamates (subject to hydrolysis) is 1. The molecule has 4 N–H and O–H groups in total. The van der Waals surface area contributed by atoms with Crippen LogP contribution < -0.4 is 16.4 Å². The summed E-state index contributed by atoms with van der Waals surface area (Å²) in [6.45, 7) is 4.42. The van der Waals surface area contributed by atoms with E-state index >= 15 is 0 Å². The molecule has 0 unspecified atom stereocenters. The van der Waals surface area contributed by atoms with Crippen LogP contribution in [0.4, 0.5) is 16.3 Å². The molecule has 0 aliphatic heterocycles. The van der Waals surface area contributed by atoms with Gasteiger partial charge in [0.05, 0.1) is 17.6 Å². The highest BCUT2D eigenvalue weighted by molar-refractivity contribution is 6.05. The Kier molecular flexibility index (Phi) is 7.06. The number of carbonyl (C=O) groups excluding carboxylic acids is 2. The molecule has 0 bridgehead atoms. The van der Waals surface area contributed by atoms with Crippen LogP contribution in [0.2, 0.25) is 0 Å². The van der Waals surface area contributed by atoms with Crippen LogP contribution in [0, 0.1) is 13.8 Å². The lowest BCUT2D eigenvalue weighted by Crippen LogP contribution is -2.23. The van der Waals surface area contributed by atoms with Gasteiger partial charge in [0.15, 0.2) is 5.82 Å². The van der Waals surface area contributed by atoms with Gasteiger partial charge in [-0.3, -0.25) is 9.78 Å². The molecule has 0 radical (unpaired) electrons. The molecule has 2 heterocycles. The third kappa shape index (κ3) is 6.23. The quantitative estimate of drug-likeness (QED) is 0.373. The number of anilines is 2. The van der Waals surface area contributed by atoms with Gasteiger partial charge < -0.3 is 21.1 Å². The molecule has 0 saturated heterocycles. The molecule has 0 atom stereocenters. The zero-order chi connectivity index (χ0) is 24.8. The Labute approximate surface area is 202 Å². The first kappa shape index (κ1) is 23.5. The van der Waals surface area contributed by atoms with Crippen LogP contribution in [0.1, 0.15) is 32.6 Å². The summed E-state index contributed by atoms with van der Waals surface area (Å²) in [6.07, 6.45) is 4.47. The molecule has 2 aromatic carbocycles. The average Bonchev–Trinajstić information content (AvgIpc) is 3.22. The number of nitrogen functional groups attached to an aromatic ring is 1. The van der Waals surface area contributed by atoms with E-state index in [1.165, 1.54) is 0 Å². The molecule has 0 spiro atoms. The largest absolute Gasteiger partial charge is 0.445 e. The van der Waals surface area contributed by atoms with E-state index in [4.69, 9.17) is 10.5 Å².